The second-order valence-electron chi connectivity index (χ2n) is 5.24. The van der Waals surface area contributed by atoms with E-state index in [1.807, 2.05) is 13.0 Å². The Labute approximate surface area is 138 Å². The van der Waals surface area contributed by atoms with Crippen LogP contribution >= 0.6 is 23.1 Å². The first-order valence-electron chi connectivity index (χ1n) is 7.06. The highest BCUT2D eigenvalue weighted by atomic mass is 32.2. The fraction of sp³-hybridized carbons (Fsp3) is 0.500. The van der Waals surface area contributed by atoms with Crippen molar-refractivity contribution < 1.29 is 4.79 Å². The Morgan fingerprint density at radius 2 is 2.18 bits per heavy atom. The van der Waals surface area contributed by atoms with Crippen molar-refractivity contribution in [1.29, 1.82) is 0 Å². The van der Waals surface area contributed by atoms with E-state index < -0.39 is 0 Å². The standard InChI is InChI=1S/C14H19N5OS2/c1-9(2)6-13-18-19-14(22-13)17-11(20)4-5-21-12-7-10(3)15-8-16-12/h7-9H,4-6H2,1-3H3,(H,17,19,20). The summed E-state index contributed by atoms with van der Waals surface area (Å²) in [6.07, 6.45) is 2.83. The zero-order chi connectivity index (χ0) is 15.9. The number of rotatable bonds is 7. The van der Waals surface area contributed by atoms with Crippen molar-refractivity contribution in [3.8, 4) is 0 Å². The summed E-state index contributed by atoms with van der Waals surface area (Å²) in [5, 5.41) is 13.3. The second kappa shape index (κ2) is 8.19. The lowest BCUT2D eigenvalue weighted by Gasteiger charge is -2.02. The molecule has 0 atom stereocenters. The number of hydrogen-bond donors (Lipinski definition) is 1. The number of carbonyl (C=O) groups excluding carboxylic acids is 1. The predicted octanol–water partition coefficient (Wildman–Crippen LogP) is 2.96. The molecule has 8 heteroatoms. The quantitative estimate of drug-likeness (QED) is 0.618. The number of nitrogens with zero attached hydrogens (tertiary/aromatic N) is 4. The van der Waals surface area contributed by atoms with Gasteiger partial charge in [-0.25, -0.2) is 9.97 Å². The smallest absolute Gasteiger partial charge is 0.227 e. The summed E-state index contributed by atoms with van der Waals surface area (Å²) in [5.74, 6) is 1.15. The highest BCUT2D eigenvalue weighted by Gasteiger charge is 2.09. The van der Waals surface area contributed by atoms with Crippen molar-refractivity contribution in [2.75, 3.05) is 11.1 Å². The van der Waals surface area contributed by atoms with Gasteiger partial charge in [0, 0.05) is 24.3 Å². The van der Waals surface area contributed by atoms with Crippen LogP contribution in [0.4, 0.5) is 5.13 Å². The van der Waals surface area contributed by atoms with Gasteiger partial charge in [-0.2, -0.15) is 0 Å². The lowest BCUT2D eigenvalue weighted by atomic mass is 10.1. The number of amides is 1. The Morgan fingerprint density at radius 3 is 2.91 bits per heavy atom. The van der Waals surface area contributed by atoms with Gasteiger partial charge >= 0.3 is 0 Å². The van der Waals surface area contributed by atoms with Gasteiger partial charge in [0.1, 0.15) is 11.3 Å². The predicted molar refractivity (Wildman–Crippen MR) is 89.2 cm³/mol. The minimum atomic E-state index is -0.0504. The van der Waals surface area contributed by atoms with E-state index in [9.17, 15) is 4.79 Å². The van der Waals surface area contributed by atoms with Crippen molar-refractivity contribution in [2.24, 2.45) is 5.92 Å². The lowest BCUT2D eigenvalue weighted by Crippen LogP contribution is -2.12. The summed E-state index contributed by atoms with van der Waals surface area (Å²) in [6, 6.07) is 1.91. The molecule has 0 saturated carbocycles. The summed E-state index contributed by atoms with van der Waals surface area (Å²) in [6.45, 7) is 6.18. The van der Waals surface area contributed by atoms with Crippen LogP contribution in [0.1, 0.15) is 31.0 Å². The van der Waals surface area contributed by atoms with Crippen LogP contribution in [0.5, 0.6) is 0 Å². The first kappa shape index (κ1) is 16.8. The third-order valence-corrected chi connectivity index (χ3v) is 4.44. The number of aromatic nitrogens is 4. The molecule has 2 rings (SSSR count). The van der Waals surface area contributed by atoms with Crippen molar-refractivity contribution >= 4 is 34.1 Å². The fourth-order valence-electron chi connectivity index (χ4n) is 1.67. The highest BCUT2D eigenvalue weighted by molar-refractivity contribution is 7.99. The summed E-state index contributed by atoms with van der Waals surface area (Å²) in [7, 11) is 0. The van der Waals surface area contributed by atoms with Crippen LogP contribution in [-0.2, 0) is 11.2 Å². The maximum Gasteiger partial charge on any atom is 0.227 e. The summed E-state index contributed by atoms with van der Waals surface area (Å²) in [4.78, 5) is 20.1. The van der Waals surface area contributed by atoms with Crippen LogP contribution in [0.2, 0.25) is 0 Å². The molecule has 1 amide bonds. The van der Waals surface area contributed by atoms with Crippen LogP contribution < -0.4 is 5.32 Å². The van der Waals surface area contributed by atoms with Gasteiger partial charge in [0.05, 0.1) is 5.03 Å². The molecule has 0 aliphatic carbocycles. The second-order valence-corrected chi connectivity index (χ2v) is 7.42. The molecule has 1 N–H and O–H groups in total. The van der Waals surface area contributed by atoms with Crippen molar-refractivity contribution in [3.63, 3.8) is 0 Å². The number of aryl methyl sites for hydroxylation is 1. The molecule has 0 saturated heterocycles. The van der Waals surface area contributed by atoms with Gasteiger partial charge in [-0.05, 0) is 18.9 Å². The fourth-order valence-corrected chi connectivity index (χ4v) is 3.52. The Hall–Kier alpha value is -1.54. The van der Waals surface area contributed by atoms with E-state index in [1.165, 1.54) is 17.7 Å². The molecule has 22 heavy (non-hydrogen) atoms. The van der Waals surface area contributed by atoms with E-state index in [4.69, 9.17) is 0 Å². The number of thioether (sulfide) groups is 1. The zero-order valence-electron chi connectivity index (χ0n) is 12.9. The van der Waals surface area contributed by atoms with Crippen molar-refractivity contribution in [1.82, 2.24) is 20.2 Å². The van der Waals surface area contributed by atoms with Crippen LogP contribution in [0.15, 0.2) is 17.4 Å². The molecule has 0 spiro atoms. The topological polar surface area (TPSA) is 80.7 Å². The van der Waals surface area contributed by atoms with Crippen LogP contribution in [0.3, 0.4) is 0 Å². The maximum absolute atomic E-state index is 11.9. The minimum absolute atomic E-state index is 0.0504. The Morgan fingerprint density at radius 1 is 1.36 bits per heavy atom. The molecule has 2 aromatic heterocycles. The highest BCUT2D eigenvalue weighted by Crippen LogP contribution is 2.19. The monoisotopic (exact) mass is 337 g/mol. The summed E-state index contributed by atoms with van der Waals surface area (Å²) < 4.78 is 0. The first-order chi connectivity index (χ1) is 10.5. The molecule has 2 heterocycles. The first-order valence-corrected chi connectivity index (χ1v) is 8.87. The molecule has 0 aliphatic rings. The molecular weight excluding hydrogens is 318 g/mol. The third kappa shape index (κ3) is 5.69. The zero-order valence-corrected chi connectivity index (χ0v) is 14.5. The van der Waals surface area contributed by atoms with E-state index in [-0.39, 0.29) is 5.91 Å². The molecule has 6 nitrogen and oxygen atoms in total. The Balaban J connectivity index is 1.74. The molecular formula is C14H19N5OS2. The average molecular weight is 337 g/mol. The van der Waals surface area contributed by atoms with E-state index >= 15 is 0 Å². The Kier molecular flexibility index (Phi) is 6.26. The molecule has 0 fully saturated rings. The van der Waals surface area contributed by atoms with Gasteiger partial charge in [-0.15, -0.1) is 22.0 Å². The summed E-state index contributed by atoms with van der Waals surface area (Å²) in [5.41, 5.74) is 0.925. The Bertz CT molecular complexity index is 629. The van der Waals surface area contributed by atoms with Gasteiger partial charge in [-0.3, -0.25) is 4.79 Å². The molecule has 0 aliphatic heterocycles. The molecule has 118 valence electrons. The van der Waals surface area contributed by atoms with Gasteiger partial charge in [0.2, 0.25) is 11.0 Å². The molecule has 2 aromatic rings. The SMILES string of the molecule is Cc1cc(SCCC(=O)Nc2nnc(CC(C)C)s2)ncn1. The summed E-state index contributed by atoms with van der Waals surface area (Å²) >= 11 is 2.98. The van der Waals surface area contributed by atoms with Crippen LogP contribution in [0, 0.1) is 12.8 Å². The molecule has 0 bridgehead atoms. The average Bonchev–Trinajstić information content (AvgIpc) is 2.85. The van der Waals surface area contributed by atoms with Crippen LogP contribution in [-0.4, -0.2) is 31.8 Å². The van der Waals surface area contributed by atoms with E-state index in [0.29, 0.717) is 23.2 Å². The largest absolute Gasteiger partial charge is 0.301 e. The maximum atomic E-state index is 11.9. The number of hydrogen-bond acceptors (Lipinski definition) is 7. The van der Waals surface area contributed by atoms with Gasteiger partial charge < -0.3 is 5.32 Å². The van der Waals surface area contributed by atoms with E-state index in [2.05, 4.69) is 39.3 Å². The normalized spacial score (nSPS) is 10.9. The van der Waals surface area contributed by atoms with Gasteiger partial charge in [0.15, 0.2) is 0 Å². The lowest BCUT2D eigenvalue weighted by molar-refractivity contribution is -0.115. The molecule has 0 radical (unpaired) electrons. The number of nitrogens with one attached hydrogen (secondary N) is 1. The van der Waals surface area contributed by atoms with E-state index in [1.54, 1.807) is 11.8 Å². The van der Waals surface area contributed by atoms with Gasteiger partial charge in [0.25, 0.3) is 0 Å². The molecule has 0 aromatic carbocycles. The van der Waals surface area contributed by atoms with Crippen molar-refractivity contribution in [3.05, 3.63) is 23.1 Å². The van der Waals surface area contributed by atoms with Crippen molar-refractivity contribution in [2.45, 2.75) is 38.6 Å². The number of carbonyl (C=O) groups is 1. The van der Waals surface area contributed by atoms with E-state index in [0.717, 1.165) is 22.1 Å². The van der Waals surface area contributed by atoms with Gasteiger partial charge in [-0.1, -0.05) is 25.2 Å². The third-order valence-electron chi connectivity index (χ3n) is 2.65. The molecule has 0 unspecified atom stereocenters. The number of anilines is 1. The van der Waals surface area contributed by atoms with Crippen LogP contribution in [0.25, 0.3) is 0 Å². The minimum Gasteiger partial charge on any atom is -0.301 e.